The molecule has 3 rings (SSSR count). The number of carbonyl (C=O) groups is 1. The maximum atomic E-state index is 12.7. The minimum absolute atomic E-state index is 0.0427. The van der Waals surface area contributed by atoms with Crippen LogP contribution in [-0.2, 0) is 0 Å². The molecule has 1 aliphatic heterocycles. The minimum Gasteiger partial charge on any atom is -0.497 e. The number of hydrogen-bond acceptors (Lipinski definition) is 4. The van der Waals surface area contributed by atoms with E-state index in [1.54, 1.807) is 24.1 Å². The second-order valence-electron chi connectivity index (χ2n) is 5.57. The second-order valence-corrected chi connectivity index (χ2v) is 5.57. The summed E-state index contributed by atoms with van der Waals surface area (Å²) in [5, 5.41) is 0. The van der Waals surface area contributed by atoms with Gasteiger partial charge in [0.1, 0.15) is 12.4 Å². The van der Waals surface area contributed by atoms with Gasteiger partial charge in [0.2, 0.25) is 0 Å². The Morgan fingerprint density at radius 1 is 1.21 bits per heavy atom. The highest BCUT2D eigenvalue weighted by Gasteiger charge is 2.25. The number of methoxy groups -OCH3 is 1. The Hall–Kier alpha value is -2.69. The average molecular weight is 327 g/mol. The van der Waals surface area contributed by atoms with E-state index < -0.39 is 0 Å². The van der Waals surface area contributed by atoms with Crippen LogP contribution >= 0.6 is 0 Å². The molecular weight excluding hydrogens is 306 g/mol. The normalized spacial score (nSPS) is 15.7. The fourth-order valence-electron chi connectivity index (χ4n) is 2.69. The van der Waals surface area contributed by atoms with Crippen LogP contribution in [-0.4, -0.2) is 43.7 Å². The topological polar surface area (TPSA) is 48.0 Å². The molecule has 0 bridgehead atoms. The van der Waals surface area contributed by atoms with Crippen LogP contribution in [0.3, 0.4) is 0 Å². The van der Waals surface area contributed by atoms with Crippen molar-refractivity contribution in [3.05, 3.63) is 54.1 Å². The van der Waals surface area contributed by atoms with Crippen molar-refractivity contribution in [1.82, 2.24) is 4.90 Å². The Morgan fingerprint density at radius 3 is 2.75 bits per heavy atom. The van der Waals surface area contributed by atoms with Gasteiger partial charge in [0.05, 0.1) is 13.7 Å². The number of carbonyl (C=O) groups excluding carboxylic acids is 1. The third-order valence-corrected chi connectivity index (χ3v) is 3.98. The summed E-state index contributed by atoms with van der Waals surface area (Å²) in [6, 6.07) is 14.8. The van der Waals surface area contributed by atoms with Gasteiger partial charge in [0.15, 0.2) is 17.6 Å². The van der Waals surface area contributed by atoms with Crippen molar-refractivity contribution in [2.24, 2.45) is 0 Å². The molecule has 1 atom stereocenters. The van der Waals surface area contributed by atoms with Crippen LogP contribution in [0.2, 0.25) is 0 Å². The van der Waals surface area contributed by atoms with Crippen LogP contribution in [0.25, 0.3) is 0 Å². The van der Waals surface area contributed by atoms with Gasteiger partial charge in [0, 0.05) is 12.1 Å². The van der Waals surface area contributed by atoms with E-state index in [1.807, 2.05) is 43.3 Å². The Balaban J connectivity index is 1.69. The lowest BCUT2D eigenvalue weighted by atomic mass is 10.1. The second kappa shape index (κ2) is 7.25. The summed E-state index contributed by atoms with van der Waals surface area (Å²) in [7, 11) is 1.59. The molecule has 0 aromatic heterocycles. The van der Waals surface area contributed by atoms with Crippen molar-refractivity contribution >= 4 is 5.91 Å². The molecule has 1 heterocycles. The van der Waals surface area contributed by atoms with Crippen molar-refractivity contribution in [2.45, 2.75) is 13.0 Å². The van der Waals surface area contributed by atoms with E-state index in [1.165, 1.54) is 0 Å². The molecule has 0 saturated carbocycles. The molecule has 1 unspecified atom stereocenters. The predicted octanol–water partition coefficient (Wildman–Crippen LogP) is 3.00. The summed E-state index contributed by atoms with van der Waals surface area (Å²) < 4.78 is 16.9. The first kappa shape index (κ1) is 16.2. The highest BCUT2D eigenvalue weighted by Crippen LogP contribution is 2.31. The molecule has 24 heavy (non-hydrogen) atoms. The SMILES string of the molecule is CCN(CC1COc2ccccc2O1)C(=O)c1cccc(OC)c1. The number of ether oxygens (including phenoxy) is 3. The van der Waals surface area contributed by atoms with Crippen LogP contribution in [0.1, 0.15) is 17.3 Å². The predicted molar refractivity (Wildman–Crippen MR) is 90.9 cm³/mol. The maximum Gasteiger partial charge on any atom is 0.254 e. The molecule has 2 aromatic carbocycles. The summed E-state index contributed by atoms with van der Waals surface area (Å²) in [5.41, 5.74) is 0.605. The standard InChI is InChI=1S/C19H21NO4/c1-3-20(19(21)14-7-6-8-15(11-14)22-2)12-16-13-23-17-9-4-5-10-18(17)24-16/h4-11,16H,3,12-13H2,1-2H3. The fourth-order valence-corrected chi connectivity index (χ4v) is 2.69. The number of para-hydroxylation sites is 2. The molecule has 0 aliphatic carbocycles. The van der Waals surface area contributed by atoms with Gasteiger partial charge in [-0.25, -0.2) is 0 Å². The number of nitrogens with zero attached hydrogens (tertiary/aromatic N) is 1. The quantitative estimate of drug-likeness (QED) is 0.847. The molecule has 0 radical (unpaired) electrons. The van der Waals surface area contributed by atoms with Crippen LogP contribution in [0.15, 0.2) is 48.5 Å². The van der Waals surface area contributed by atoms with Gasteiger partial charge in [-0.05, 0) is 37.3 Å². The zero-order chi connectivity index (χ0) is 16.9. The van der Waals surface area contributed by atoms with Crippen LogP contribution in [0.4, 0.5) is 0 Å². The van der Waals surface area contributed by atoms with Crippen molar-refractivity contribution in [2.75, 3.05) is 26.8 Å². The highest BCUT2D eigenvalue weighted by molar-refractivity contribution is 5.94. The number of likely N-dealkylation sites (N-methyl/N-ethyl adjacent to an activating group) is 1. The van der Waals surface area contributed by atoms with Gasteiger partial charge in [0.25, 0.3) is 5.91 Å². The molecule has 5 nitrogen and oxygen atoms in total. The minimum atomic E-state index is -0.186. The van der Waals surface area contributed by atoms with E-state index in [0.717, 1.165) is 11.5 Å². The molecule has 1 aliphatic rings. The summed E-state index contributed by atoms with van der Waals surface area (Å²) in [4.78, 5) is 14.5. The maximum absolute atomic E-state index is 12.7. The lowest BCUT2D eigenvalue weighted by Crippen LogP contribution is -2.43. The third kappa shape index (κ3) is 3.45. The Morgan fingerprint density at radius 2 is 2.00 bits per heavy atom. The first-order chi connectivity index (χ1) is 11.7. The molecule has 0 saturated heterocycles. The van der Waals surface area contributed by atoms with Crippen molar-refractivity contribution < 1.29 is 19.0 Å². The molecule has 1 amide bonds. The van der Waals surface area contributed by atoms with E-state index in [0.29, 0.717) is 31.0 Å². The van der Waals surface area contributed by atoms with Crippen molar-refractivity contribution in [3.63, 3.8) is 0 Å². The van der Waals surface area contributed by atoms with Gasteiger partial charge >= 0.3 is 0 Å². The number of benzene rings is 2. The van der Waals surface area contributed by atoms with Gasteiger partial charge < -0.3 is 19.1 Å². The van der Waals surface area contributed by atoms with E-state index >= 15 is 0 Å². The van der Waals surface area contributed by atoms with Gasteiger partial charge in [-0.2, -0.15) is 0 Å². The van der Waals surface area contributed by atoms with E-state index in [9.17, 15) is 4.79 Å². The van der Waals surface area contributed by atoms with Crippen LogP contribution in [0.5, 0.6) is 17.2 Å². The third-order valence-electron chi connectivity index (χ3n) is 3.98. The summed E-state index contributed by atoms with van der Waals surface area (Å²) in [6.07, 6.45) is -0.186. The lowest BCUT2D eigenvalue weighted by molar-refractivity contribution is 0.0474. The van der Waals surface area contributed by atoms with Gasteiger partial charge in [-0.1, -0.05) is 18.2 Å². The largest absolute Gasteiger partial charge is 0.497 e. The van der Waals surface area contributed by atoms with Crippen molar-refractivity contribution in [1.29, 1.82) is 0 Å². The molecular formula is C19H21NO4. The average Bonchev–Trinajstić information content (AvgIpc) is 2.65. The van der Waals surface area contributed by atoms with E-state index in [-0.39, 0.29) is 12.0 Å². The monoisotopic (exact) mass is 327 g/mol. The number of hydrogen-bond donors (Lipinski definition) is 0. The lowest BCUT2D eigenvalue weighted by Gasteiger charge is -2.31. The first-order valence-corrected chi connectivity index (χ1v) is 8.03. The Labute approximate surface area is 141 Å². The molecule has 2 aromatic rings. The summed E-state index contributed by atoms with van der Waals surface area (Å²) in [5.74, 6) is 2.09. The summed E-state index contributed by atoms with van der Waals surface area (Å²) in [6.45, 7) is 3.45. The summed E-state index contributed by atoms with van der Waals surface area (Å²) >= 11 is 0. The Kier molecular flexibility index (Phi) is 4.89. The molecule has 5 heteroatoms. The van der Waals surface area contributed by atoms with Gasteiger partial charge in [-0.3, -0.25) is 4.79 Å². The zero-order valence-electron chi connectivity index (χ0n) is 13.9. The molecule has 0 spiro atoms. The smallest absolute Gasteiger partial charge is 0.254 e. The van der Waals surface area contributed by atoms with Crippen molar-refractivity contribution in [3.8, 4) is 17.2 Å². The molecule has 0 fully saturated rings. The highest BCUT2D eigenvalue weighted by atomic mass is 16.6. The molecule has 0 N–H and O–H groups in total. The van der Waals surface area contributed by atoms with Crippen LogP contribution in [0, 0.1) is 0 Å². The molecule has 126 valence electrons. The van der Waals surface area contributed by atoms with E-state index in [4.69, 9.17) is 14.2 Å². The van der Waals surface area contributed by atoms with E-state index in [2.05, 4.69) is 0 Å². The number of rotatable bonds is 5. The van der Waals surface area contributed by atoms with Crippen LogP contribution < -0.4 is 14.2 Å². The number of amides is 1. The first-order valence-electron chi connectivity index (χ1n) is 8.03. The Bertz CT molecular complexity index is 716. The zero-order valence-corrected chi connectivity index (χ0v) is 13.9. The van der Waals surface area contributed by atoms with Gasteiger partial charge in [-0.15, -0.1) is 0 Å². The fraction of sp³-hybridized carbons (Fsp3) is 0.316. The number of fused-ring (bicyclic) bond motifs is 1.